The Balaban J connectivity index is 2.37. The van der Waals surface area contributed by atoms with E-state index in [-0.39, 0.29) is 16.8 Å². The molecule has 1 saturated heterocycles. The second-order valence-corrected chi connectivity index (χ2v) is 8.62. The molecule has 0 aliphatic carbocycles. The Hall–Kier alpha value is -0.915. The Bertz CT molecular complexity index is 639. The standard InChI is InChI=1S/C14H20BFO4S/c1-13(2)14(3,4)20-15(19-13)11-8-6-7-10(12(11)16)9-21(5,17)18/h6-8H,9H2,1-5H3. The van der Waals surface area contributed by atoms with E-state index in [9.17, 15) is 12.8 Å². The first-order valence-corrected chi connectivity index (χ1v) is 8.80. The average molecular weight is 314 g/mol. The maximum Gasteiger partial charge on any atom is 0.497 e. The van der Waals surface area contributed by atoms with Gasteiger partial charge in [-0.3, -0.25) is 0 Å². The first kappa shape index (κ1) is 16.5. The minimum absolute atomic E-state index is 0.129. The van der Waals surface area contributed by atoms with E-state index in [0.29, 0.717) is 0 Å². The Morgan fingerprint density at radius 2 is 1.67 bits per heavy atom. The van der Waals surface area contributed by atoms with Crippen LogP contribution < -0.4 is 5.46 Å². The average Bonchev–Trinajstić information content (AvgIpc) is 2.49. The lowest BCUT2D eigenvalue weighted by Crippen LogP contribution is -2.41. The molecule has 7 heteroatoms. The van der Waals surface area contributed by atoms with Crippen LogP contribution in [0, 0.1) is 5.82 Å². The molecule has 0 saturated carbocycles. The van der Waals surface area contributed by atoms with Crippen LogP contribution in [0.25, 0.3) is 0 Å². The molecule has 2 rings (SSSR count). The topological polar surface area (TPSA) is 52.6 Å². The molecule has 21 heavy (non-hydrogen) atoms. The van der Waals surface area contributed by atoms with Gasteiger partial charge in [-0.05, 0) is 27.7 Å². The van der Waals surface area contributed by atoms with Crippen molar-refractivity contribution >= 4 is 22.4 Å². The van der Waals surface area contributed by atoms with Crippen molar-refractivity contribution in [2.24, 2.45) is 0 Å². The molecule has 0 atom stereocenters. The molecule has 0 unspecified atom stereocenters. The third-order valence-corrected chi connectivity index (χ3v) is 4.87. The fraction of sp³-hybridized carbons (Fsp3) is 0.571. The molecular formula is C14H20BFO4S. The van der Waals surface area contributed by atoms with E-state index in [4.69, 9.17) is 9.31 Å². The normalized spacial score (nSPS) is 20.8. The van der Waals surface area contributed by atoms with Crippen molar-refractivity contribution in [2.75, 3.05) is 6.26 Å². The Morgan fingerprint density at radius 1 is 1.14 bits per heavy atom. The minimum atomic E-state index is -3.31. The molecule has 0 spiro atoms. The van der Waals surface area contributed by atoms with Gasteiger partial charge in [0.1, 0.15) is 5.82 Å². The summed E-state index contributed by atoms with van der Waals surface area (Å²) in [6.45, 7) is 7.52. The van der Waals surface area contributed by atoms with Crippen molar-refractivity contribution in [3.05, 3.63) is 29.6 Å². The molecule has 1 aliphatic heterocycles. The summed E-state index contributed by atoms with van der Waals surface area (Å²) in [5, 5.41) is 0. The number of sulfone groups is 1. The van der Waals surface area contributed by atoms with Crippen LogP contribution >= 0.6 is 0 Å². The van der Waals surface area contributed by atoms with E-state index in [1.165, 1.54) is 6.07 Å². The van der Waals surface area contributed by atoms with Crippen LogP contribution in [0.4, 0.5) is 4.39 Å². The van der Waals surface area contributed by atoms with Crippen LogP contribution in [-0.2, 0) is 24.9 Å². The van der Waals surface area contributed by atoms with Gasteiger partial charge in [0, 0.05) is 17.3 Å². The van der Waals surface area contributed by atoms with Crippen LogP contribution in [0.15, 0.2) is 18.2 Å². The molecule has 0 amide bonds. The van der Waals surface area contributed by atoms with Crippen molar-refractivity contribution in [2.45, 2.75) is 44.6 Å². The number of rotatable bonds is 3. The predicted molar refractivity (Wildman–Crippen MR) is 80.7 cm³/mol. The fourth-order valence-corrected chi connectivity index (χ4v) is 2.93. The summed E-state index contributed by atoms with van der Waals surface area (Å²) < 4.78 is 48.9. The third kappa shape index (κ3) is 3.30. The number of benzene rings is 1. The van der Waals surface area contributed by atoms with E-state index >= 15 is 0 Å². The molecule has 116 valence electrons. The monoisotopic (exact) mass is 314 g/mol. The zero-order chi connectivity index (χ0) is 16.1. The first-order chi connectivity index (χ1) is 9.43. The van der Waals surface area contributed by atoms with E-state index in [2.05, 4.69) is 0 Å². The predicted octanol–water partition coefficient (Wildman–Crippen LogP) is 1.67. The molecule has 1 aliphatic rings. The zero-order valence-corrected chi connectivity index (χ0v) is 13.8. The van der Waals surface area contributed by atoms with Gasteiger partial charge in [0.25, 0.3) is 0 Å². The summed E-state index contributed by atoms with van der Waals surface area (Å²) in [6.07, 6.45) is 1.08. The second-order valence-electron chi connectivity index (χ2n) is 6.48. The molecule has 1 aromatic carbocycles. The lowest BCUT2D eigenvalue weighted by atomic mass is 9.78. The Labute approximate surface area is 125 Å². The van der Waals surface area contributed by atoms with Crippen LogP contribution in [-0.4, -0.2) is 33.0 Å². The summed E-state index contributed by atoms with van der Waals surface area (Å²) in [5.41, 5.74) is -0.784. The van der Waals surface area contributed by atoms with Gasteiger partial charge in [-0.1, -0.05) is 18.2 Å². The highest BCUT2D eigenvalue weighted by Gasteiger charge is 2.52. The molecule has 1 aromatic rings. The first-order valence-electron chi connectivity index (χ1n) is 6.74. The van der Waals surface area contributed by atoms with Crippen LogP contribution in [0.1, 0.15) is 33.3 Å². The quantitative estimate of drug-likeness (QED) is 0.797. The Kier molecular flexibility index (Phi) is 3.97. The largest absolute Gasteiger partial charge is 0.497 e. The number of hydrogen-bond donors (Lipinski definition) is 0. The van der Waals surface area contributed by atoms with E-state index in [1.807, 2.05) is 27.7 Å². The summed E-state index contributed by atoms with van der Waals surface area (Å²) in [6, 6.07) is 4.64. The highest BCUT2D eigenvalue weighted by atomic mass is 32.2. The minimum Gasteiger partial charge on any atom is -0.399 e. The summed E-state index contributed by atoms with van der Waals surface area (Å²) in [5.74, 6) is -0.923. The second kappa shape index (κ2) is 5.07. The smallest absolute Gasteiger partial charge is 0.399 e. The van der Waals surface area contributed by atoms with Crippen LogP contribution in [0.3, 0.4) is 0 Å². The van der Waals surface area contributed by atoms with Crippen molar-refractivity contribution in [1.29, 1.82) is 0 Å². The van der Waals surface area contributed by atoms with Gasteiger partial charge >= 0.3 is 7.12 Å². The molecule has 0 bridgehead atoms. The number of halogens is 1. The molecule has 1 heterocycles. The van der Waals surface area contributed by atoms with Crippen molar-refractivity contribution < 1.29 is 22.1 Å². The van der Waals surface area contributed by atoms with Gasteiger partial charge in [0.15, 0.2) is 9.84 Å². The van der Waals surface area contributed by atoms with E-state index < -0.39 is 34.0 Å². The highest BCUT2D eigenvalue weighted by Crippen LogP contribution is 2.36. The van der Waals surface area contributed by atoms with Gasteiger partial charge in [-0.15, -0.1) is 0 Å². The van der Waals surface area contributed by atoms with Gasteiger partial charge in [-0.2, -0.15) is 0 Å². The molecule has 0 aromatic heterocycles. The van der Waals surface area contributed by atoms with Gasteiger partial charge in [-0.25, -0.2) is 12.8 Å². The molecule has 4 nitrogen and oxygen atoms in total. The number of hydrogen-bond acceptors (Lipinski definition) is 4. The lowest BCUT2D eigenvalue weighted by molar-refractivity contribution is 0.00578. The van der Waals surface area contributed by atoms with Gasteiger partial charge in [0.2, 0.25) is 0 Å². The van der Waals surface area contributed by atoms with E-state index in [1.54, 1.807) is 12.1 Å². The third-order valence-electron chi connectivity index (χ3n) is 4.03. The van der Waals surface area contributed by atoms with Crippen LogP contribution in [0.2, 0.25) is 0 Å². The van der Waals surface area contributed by atoms with Crippen LogP contribution in [0.5, 0.6) is 0 Å². The molecule has 1 fully saturated rings. The maximum atomic E-state index is 14.5. The van der Waals surface area contributed by atoms with E-state index in [0.717, 1.165) is 6.26 Å². The van der Waals surface area contributed by atoms with Crippen molar-refractivity contribution in [3.63, 3.8) is 0 Å². The van der Waals surface area contributed by atoms with Crippen molar-refractivity contribution in [3.8, 4) is 0 Å². The van der Waals surface area contributed by atoms with Gasteiger partial charge in [0.05, 0.1) is 17.0 Å². The molecular weight excluding hydrogens is 294 g/mol. The fourth-order valence-electron chi connectivity index (χ4n) is 2.15. The summed E-state index contributed by atoms with van der Waals surface area (Å²) in [7, 11) is -4.15. The molecule has 0 N–H and O–H groups in total. The molecule has 0 radical (unpaired) electrons. The van der Waals surface area contributed by atoms with Crippen molar-refractivity contribution in [1.82, 2.24) is 0 Å². The summed E-state index contributed by atoms with van der Waals surface area (Å²) >= 11 is 0. The summed E-state index contributed by atoms with van der Waals surface area (Å²) in [4.78, 5) is 0. The zero-order valence-electron chi connectivity index (χ0n) is 12.9. The maximum absolute atomic E-state index is 14.5. The Morgan fingerprint density at radius 3 is 2.14 bits per heavy atom. The SMILES string of the molecule is CC1(C)OB(c2cccc(CS(C)(=O)=O)c2F)OC1(C)C. The highest BCUT2D eigenvalue weighted by molar-refractivity contribution is 7.89. The lowest BCUT2D eigenvalue weighted by Gasteiger charge is -2.32. The van der Waals surface area contributed by atoms with Gasteiger partial charge < -0.3 is 9.31 Å².